The summed E-state index contributed by atoms with van der Waals surface area (Å²) in [6.07, 6.45) is 6.27. The Bertz CT molecular complexity index is 800. The molecule has 1 aromatic heterocycles. The minimum atomic E-state index is -0.447. The largest absolute Gasteiger partial charge is 0.465 e. The second-order valence-corrected chi connectivity index (χ2v) is 8.66. The van der Waals surface area contributed by atoms with Crippen molar-refractivity contribution in [1.82, 2.24) is 0 Å². The van der Waals surface area contributed by atoms with Crippen molar-refractivity contribution in [2.75, 3.05) is 18.6 Å². The van der Waals surface area contributed by atoms with Crippen molar-refractivity contribution < 1.29 is 19.4 Å². The predicted octanol–water partition coefficient (Wildman–Crippen LogP) is 5.52. The van der Waals surface area contributed by atoms with Crippen molar-refractivity contribution in [3.63, 3.8) is 0 Å². The number of methoxy groups -OCH3 is 1. The summed E-state index contributed by atoms with van der Waals surface area (Å²) in [5, 5.41) is 10.3. The lowest BCUT2D eigenvalue weighted by Gasteiger charge is -2.22. The van der Waals surface area contributed by atoms with Gasteiger partial charge in [0, 0.05) is 24.0 Å². The van der Waals surface area contributed by atoms with Crippen LogP contribution in [0.5, 0.6) is 0 Å². The van der Waals surface area contributed by atoms with E-state index in [1.807, 2.05) is 30.3 Å². The van der Waals surface area contributed by atoms with Crippen LogP contribution in [0.3, 0.4) is 0 Å². The van der Waals surface area contributed by atoms with Crippen molar-refractivity contribution in [2.45, 2.75) is 64.9 Å². The number of carbonyl (C=O) groups excluding carboxylic acids is 2. The standard InChI is InChI=1S/C24H33NO4S/c1-4-5-6-10-22(27)19-11-13-20(14-12-19)25(18(2)26)17-8-7-9-21-15-16-23(30-21)24(28)29-3/h11-16,22,27H,4-10,17H2,1-3H3. The highest BCUT2D eigenvalue weighted by atomic mass is 32.1. The number of aryl methyl sites for hydroxylation is 1. The Morgan fingerprint density at radius 1 is 1.07 bits per heavy atom. The van der Waals surface area contributed by atoms with Crippen LogP contribution < -0.4 is 4.90 Å². The van der Waals surface area contributed by atoms with Crippen LogP contribution in [0.25, 0.3) is 0 Å². The zero-order valence-corrected chi connectivity index (χ0v) is 19.0. The van der Waals surface area contributed by atoms with Crippen LogP contribution >= 0.6 is 11.3 Å². The number of benzene rings is 1. The van der Waals surface area contributed by atoms with Crippen LogP contribution in [-0.2, 0) is 16.0 Å². The Hall–Kier alpha value is -2.18. The molecule has 1 aromatic carbocycles. The van der Waals surface area contributed by atoms with Gasteiger partial charge in [-0.3, -0.25) is 4.79 Å². The van der Waals surface area contributed by atoms with Crippen LogP contribution in [0.15, 0.2) is 36.4 Å². The molecule has 1 heterocycles. The summed E-state index contributed by atoms with van der Waals surface area (Å²) in [5.74, 6) is -0.289. The van der Waals surface area contributed by atoms with E-state index in [2.05, 4.69) is 6.92 Å². The number of aliphatic hydroxyl groups is 1. The molecule has 0 aliphatic rings. The van der Waals surface area contributed by atoms with Crippen LogP contribution in [0.1, 0.15) is 78.6 Å². The van der Waals surface area contributed by atoms with Gasteiger partial charge in [0.1, 0.15) is 4.88 Å². The van der Waals surface area contributed by atoms with E-state index < -0.39 is 6.10 Å². The molecule has 0 aliphatic heterocycles. The number of esters is 1. The van der Waals surface area contributed by atoms with E-state index in [-0.39, 0.29) is 11.9 Å². The smallest absolute Gasteiger partial charge is 0.348 e. The van der Waals surface area contributed by atoms with Crippen molar-refractivity contribution in [3.05, 3.63) is 51.7 Å². The molecule has 0 fully saturated rings. The van der Waals surface area contributed by atoms with Gasteiger partial charge in [0.05, 0.1) is 13.2 Å². The SMILES string of the molecule is CCCCCC(O)c1ccc(N(CCCCc2ccc(C(=O)OC)s2)C(C)=O)cc1. The van der Waals surface area contributed by atoms with Gasteiger partial charge in [0.15, 0.2) is 0 Å². The minimum absolute atomic E-state index is 0.00958. The number of thiophene rings is 1. The molecule has 5 nitrogen and oxygen atoms in total. The Morgan fingerprint density at radius 3 is 2.43 bits per heavy atom. The quantitative estimate of drug-likeness (QED) is 0.355. The maximum Gasteiger partial charge on any atom is 0.348 e. The first-order valence-electron chi connectivity index (χ1n) is 10.7. The van der Waals surface area contributed by atoms with E-state index in [9.17, 15) is 14.7 Å². The number of ether oxygens (including phenoxy) is 1. The lowest BCUT2D eigenvalue weighted by Crippen LogP contribution is -2.29. The Kier molecular flexibility index (Phi) is 10.0. The topological polar surface area (TPSA) is 66.8 Å². The number of aliphatic hydroxyl groups excluding tert-OH is 1. The van der Waals surface area contributed by atoms with Crippen molar-refractivity contribution in [3.8, 4) is 0 Å². The summed E-state index contributed by atoms with van der Waals surface area (Å²) < 4.78 is 4.74. The van der Waals surface area contributed by atoms with Gasteiger partial charge in [-0.05, 0) is 55.5 Å². The Balaban J connectivity index is 1.86. The molecule has 2 aromatic rings. The van der Waals surface area contributed by atoms with Gasteiger partial charge in [-0.2, -0.15) is 0 Å². The van der Waals surface area contributed by atoms with Gasteiger partial charge in [-0.25, -0.2) is 4.79 Å². The first-order chi connectivity index (χ1) is 14.5. The number of nitrogens with zero attached hydrogens (tertiary/aromatic N) is 1. The number of carbonyl (C=O) groups is 2. The molecule has 0 saturated heterocycles. The first kappa shape index (κ1) is 24.1. The van der Waals surface area contributed by atoms with Crippen LogP contribution in [0.4, 0.5) is 5.69 Å². The zero-order valence-electron chi connectivity index (χ0n) is 18.2. The van der Waals surface area contributed by atoms with E-state index in [1.54, 1.807) is 17.9 Å². The third-order valence-electron chi connectivity index (χ3n) is 5.15. The molecule has 1 N–H and O–H groups in total. The monoisotopic (exact) mass is 431 g/mol. The lowest BCUT2D eigenvalue weighted by atomic mass is 10.0. The average Bonchev–Trinajstić information content (AvgIpc) is 3.22. The summed E-state index contributed by atoms with van der Waals surface area (Å²) in [5.41, 5.74) is 1.76. The third kappa shape index (κ3) is 7.26. The molecule has 164 valence electrons. The second-order valence-electron chi connectivity index (χ2n) is 7.49. The predicted molar refractivity (Wildman–Crippen MR) is 122 cm³/mol. The fourth-order valence-electron chi connectivity index (χ4n) is 3.39. The molecule has 1 unspecified atom stereocenters. The van der Waals surface area contributed by atoms with Gasteiger partial charge in [0.25, 0.3) is 0 Å². The molecule has 0 bridgehead atoms. The number of unbranched alkanes of at least 4 members (excludes halogenated alkanes) is 3. The molecular weight excluding hydrogens is 398 g/mol. The third-order valence-corrected chi connectivity index (χ3v) is 6.28. The highest BCUT2D eigenvalue weighted by molar-refractivity contribution is 7.13. The number of rotatable bonds is 12. The summed E-state index contributed by atoms with van der Waals surface area (Å²) >= 11 is 1.46. The molecule has 1 atom stereocenters. The van der Waals surface area contributed by atoms with Gasteiger partial charge in [-0.15, -0.1) is 11.3 Å². The minimum Gasteiger partial charge on any atom is -0.465 e. The summed E-state index contributed by atoms with van der Waals surface area (Å²) in [6.45, 7) is 4.37. The van der Waals surface area contributed by atoms with E-state index in [1.165, 1.54) is 18.4 Å². The average molecular weight is 432 g/mol. The molecule has 0 radical (unpaired) electrons. The molecule has 30 heavy (non-hydrogen) atoms. The van der Waals surface area contributed by atoms with Gasteiger partial charge < -0.3 is 14.7 Å². The van der Waals surface area contributed by atoms with Crippen LogP contribution in [0.2, 0.25) is 0 Å². The molecule has 0 saturated carbocycles. The highest BCUT2D eigenvalue weighted by Crippen LogP contribution is 2.24. The normalized spacial score (nSPS) is 11.9. The molecule has 0 aliphatic carbocycles. The molecular formula is C24H33NO4S. The van der Waals surface area contributed by atoms with Crippen molar-refractivity contribution in [1.29, 1.82) is 0 Å². The zero-order chi connectivity index (χ0) is 21.9. The van der Waals surface area contributed by atoms with E-state index in [0.29, 0.717) is 11.4 Å². The van der Waals surface area contributed by atoms with Crippen molar-refractivity contribution >= 4 is 28.9 Å². The van der Waals surface area contributed by atoms with Gasteiger partial charge >= 0.3 is 5.97 Å². The molecule has 6 heteroatoms. The maximum absolute atomic E-state index is 12.1. The number of amides is 1. The molecule has 0 spiro atoms. The van der Waals surface area contributed by atoms with Gasteiger partial charge in [0.2, 0.25) is 5.91 Å². The van der Waals surface area contributed by atoms with Crippen LogP contribution in [0, 0.1) is 0 Å². The van der Waals surface area contributed by atoms with E-state index in [4.69, 9.17) is 4.74 Å². The number of hydrogen-bond donors (Lipinski definition) is 1. The maximum atomic E-state index is 12.1. The lowest BCUT2D eigenvalue weighted by molar-refractivity contribution is -0.116. The summed E-state index contributed by atoms with van der Waals surface area (Å²) in [7, 11) is 1.39. The van der Waals surface area contributed by atoms with Crippen LogP contribution in [-0.4, -0.2) is 30.6 Å². The first-order valence-corrected chi connectivity index (χ1v) is 11.5. The highest BCUT2D eigenvalue weighted by Gasteiger charge is 2.14. The summed E-state index contributed by atoms with van der Waals surface area (Å²) in [4.78, 5) is 27.2. The number of hydrogen-bond acceptors (Lipinski definition) is 5. The second kappa shape index (κ2) is 12.5. The Labute approximate surface area is 183 Å². The van der Waals surface area contributed by atoms with Gasteiger partial charge in [-0.1, -0.05) is 38.3 Å². The van der Waals surface area contributed by atoms with Crippen molar-refractivity contribution in [2.24, 2.45) is 0 Å². The van der Waals surface area contributed by atoms with E-state index >= 15 is 0 Å². The summed E-state index contributed by atoms with van der Waals surface area (Å²) in [6, 6.07) is 11.4. The number of anilines is 1. The fraction of sp³-hybridized carbons (Fsp3) is 0.500. The molecule has 1 amide bonds. The Morgan fingerprint density at radius 2 is 1.80 bits per heavy atom. The molecule has 2 rings (SSSR count). The van der Waals surface area contributed by atoms with E-state index in [0.717, 1.165) is 61.1 Å². The fourth-order valence-corrected chi connectivity index (χ4v) is 4.36.